The molecular weight excluding hydrogens is 552 g/mol. The Kier molecular flexibility index (Phi) is 8.15. The number of fused-ring (bicyclic) bond motifs is 3. The molecule has 0 spiro atoms. The van der Waals surface area contributed by atoms with Crippen molar-refractivity contribution in [2.45, 2.75) is 63.2 Å². The second-order valence-corrected chi connectivity index (χ2v) is 12.3. The molecule has 2 saturated carbocycles. The van der Waals surface area contributed by atoms with Gasteiger partial charge in [0.2, 0.25) is 11.7 Å². The molecule has 2 aromatic rings. The van der Waals surface area contributed by atoms with Gasteiger partial charge >= 0.3 is 0 Å². The Balaban J connectivity index is 1.67. The predicted octanol–water partition coefficient (Wildman–Crippen LogP) is 2.54. The molecule has 0 radical (unpaired) electrons. The second-order valence-electron chi connectivity index (χ2n) is 12.3. The first kappa shape index (κ1) is 30.7. The van der Waals surface area contributed by atoms with Crippen LogP contribution < -0.4 is 10.5 Å². The van der Waals surface area contributed by atoms with E-state index in [-0.39, 0.29) is 29.7 Å². The molecule has 3 unspecified atom stereocenters. The number of ether oxygens (including phenoxy) is 1. The van der Waals surface area contributed by atoms with Crippen molar-refractivity contribution in [3.63, 3.8) is 0 Å². The van der Waals surface area contributed by atoms with Gasteiger partial charge in [0.15, 0.2) is 11.4 Å². The molecular formula is C33H40N2O8. The fourth-order valence-corrected chi connectivity index (χ4v) is 7.56. The number of hydrogen-bond acceptors (Lipinski definition) is 9. The molecule has 3 aliphatic carbocycles. The number of phenols is 1. The summed E-state index contributed by atoms with van der Waals surface area (Å²) in [4.78, 5) is 41.4. The van der Waals surface area contributed by atoms with E-state index in [0.717, 1.165) is 42.4 Å². The van der Waals surface area contributed by atoms with Crippen LogP contribution in [0.25, 0.3) is 16.9 Å². The predicted molar refractivity (Wildman–Crippen MR) is 159 cm³/mol. The van der Waals surface area contributed by atoms with Crippen molar-refractivity contribution in [2.24, 2.45) is 23.5 Å². The summed E-state index contributed by atoms with van der Waals surface area (Å²) in [5.74, 6) is -7.03. The van der Waals surface area contributed by atoms with Crippen molar-refractivity contribution in [2.75, 3.05) is 21.2 Å². The third-order valence-corrected chi connectivity index (χ3v) is 9.60. The largest absolute Gasteiger partial charge is 0.507 e. The molecule has 5 rings (SSSR count). The van der Waals surface area contributed by atoms with Crippen LogP contribution in [0.3, 0.4) is 0 Å². The van der Waals surface area contributed by atoms with Gasteiger partial charge in [-0.05, 0) is 80.6 Å². The number of aryl methyl sites for hydroxylation is 1. The van der Waals surface area contributed by atoms with Gasteiger partial charge in [0.1, 0.15) is 23.2 Å². The van der Waals surface area contributed by atoms with Crippen LogP contribution in [-0.2, 0) is 27.2 Å². The number of nitrogens with zero attached hydrogens (tertiary/aromatic N) is 1. The number of aliphatic hydroxyl groups is 3. The van der Waals surface area contributed by atoms with Crippen LogP contribution in [0.15, 0.2) is 35.9 Å². The smallest absolute Gasteiger partial charge is 0.230 e. The molecule has 0 aromatic heterocycles. The highest BCUT2D eigenvalue weighted by atomic mass is 16.5. The zero-order valence-corrected chi connectivity index (χ0v) is 25.0. The zero-order valence-electron chi connectivity index (χ0n) is 25.0. The molecule has 230 valence electrons. The van der Waals surface area contributed by atoms with Crippen molar-refractivity contribution in [3.05, 3.63) is 52.6 Å². The van der Waals surface area contributed by atoms with E-state index in [2.05, 4.69) is 6.92 Å². The number of ketones is 2. The lowest BCUT2D eigenvalue weighted by atomic mass is 9.54. The summed E-state index contributed by atoms with van der Waals surface area (Å²) in [7, 11) is 4.83. The molecule has 0 bridgehead atoms. The molecule has 6 N–H and O–H groups in total. The maximum absolute atomic E-state index is 14.1. The van der Waals surface area contributed by atoms with Crippen molar-refractivity contribution in [1.29, 1.82) is 0 Å². The number of benzene rings is 2. The van der Waals surface area contributed by atoms with Crippen LogP contribution in [0.4, 0.5) is 0 Å². The van der Waals surface area contributed by atoms with Gasteiger partial charge in [0.05, 0.1) is 18.8 Å². The summed E-state index contributed by atoms with van der Waals surface area (Å²) in [6.45, 7) is 2.15. The number of Topliss-reactive ketones (excluding diaryl/α,β-unsaturated/α-hetero) is 2. The molecule has 43 heavy (non-hydrogen) atoms. The highest BCUT2D eigenvalue weighted by Crippen LogP contribution is 2.53. The van der Waals surface area contributed by atoms with E-state index < -0.39 is 58.7 Å². The monoisotopic (exact) mass is 592 g/mol. The van der Waals surface area contributed by atoms with Gasteiger partial charge in [-0.2, -0.15) is 0 Å². The molecule has 0 heterocycles. The Bertz CT molecular complexity index is 1510. The first-order valence-corrected chi connectivity index (χ1v) is 14.8. The van der Waals surface area contributed by atoms with E-state index in [9.17, 15) is 34.8 Å². The van der Waals surface area contributed by atoms with Crippen LogP contribution in [0, 0.1) is 17.8 Å². The average molecular weight is 593 g/mol. The Hall–Kier alpha value is -3.73. The number of likely N-dealkylation sites (N-methyl/N-ethyl adjacent to an activating group) is 1. The van der Waals surface area contributed by atoms with E-state index in [0.29, 0.717) is 11.3 Å². The lowest BCUT2D eigenvalue weighted by molar-refractivity contribution is -0.184. The molecule has 1 amide bonds. The quantitative estimate of drug-likeness (QED) is 0.228. The minimum absolute atomic E-state index is 0.0523. The number of primary amides is 1. The molecule has 6 atom stereocenters. The lowest BCUT2D eigenvalue weighted by Gasteiger charge is -2.53. The lowest BCUT2D eigenvalue weighted by Crippen LogP contribution is -2.73. The third-order valence-electron chi connectivity index (χ3n) is 9.60. The maximum atomic E-state index is 14.1. The van der Waals surface area contributed by atoms with Gasteiger partial charge in [-0.25, -0.2) is 0 Å². The van der Waals surface area contributed by atoms with E-state index in [1.54, 1.807) is 32.2 Å². The Labute approximate surface area is 250 Å². The molecule has 2 aromatic carbocycles. The first-order valence-electron chi connectivity index (χ1n) is 14.8. The minimum atomic E-state index is -2.69. The van der Waals surface area contributed by atoms with Crippen molar-refractivity contribution >= 4 is 23.2 Å². The highest BCUT2D eigenvalue weighted by molar-refractivity contribution is 6.25. The number of phenolic OH excluding ortho intramolecular Hbond substituents is 1. The first-order chi connectivity index (χ1) is 20.4. The normalized spacial score (nSPS) is 28.4. The topological polar surface area (TPSA) is 171 Å². The number of rotatable bonds is 8. The number of methoxy groups -OCH3 is 1. The summed E-state index contributed by atoms with van der Waals surface area (Å²) >= 11 is 0. The summed E-state index contributed by atoms with van der Waals surface area (Å²) in [5, 5.41) is 45.4. The van der Waals surface area contributed by atoms with Crippen LogP contribution in [0.2, 0.25) is 0 Å². The Morgan fingerprint density at radius 1 is 1.12 bits per heavy atom. The van der Waals surface area contributed by atoms with Crippen LogP contribution in [0.1, 0.15) is 49.3 Å². The van der Waals surface area contributed by atoms with Crippen LogP contribution in [-0.4, -0.2) is 81.8 Å². The van der Waals surface area contributed by atoms with Gasteiger partial charge < -0.3 is 35.8 Å². The number of amides is 1. The fraction of sp³-hybridized carbons (Fsp3) is 0.485. The SMILES string of the molecule is CCCCCc1ccc(OC)c(-c2ccc(O)c3c2C[C@@H]2C[C@@H]4C(N(C)C)C(O)C(C(N)=O)C(=O)[C@]4(O)C(=O)C2=C3O)c1. The van der Waals surface area contributed by atoms with E-state index in [1.165, 1.54) is 6.07 Å². The van der Waals surface area contributed by atoms with Crippen LogP contribution >= 0.6 is 0 Å². The number of carbonyl (C=O) groups excluding carboxylic acids is 3. The number of aliphatic hydroxyl groups excluding tert-OH is 2. The number of nitrogens with two attached hydrogens (primary N) is 1. The average Bonchev–Trinajstić information content (AvgIpc) is 2.95. The standard InChI is InChI=1S/C33H40N2O8/c1-5-6-7-8-16-9-12-23(43-4)19(13-16)18-10-11-22(36)25-20(18)14-17-15-21-27(35(2)3)29(38)26(32(34)41)31(40)33(21,42)30(39)24(17)28(25)37/h9-13,17,21,26-27,29,36-38,42H,5-8,14-15H2,1-4H3,(H2,34,41)/t17-,21-,26?,27?,29?,33-/m1/s1. The summed E-state index contributed by atoms with van der Waals surface area (Å²) in [6, 6.07) is 8.22. The number of aromatic hydroxyl groups is 1. The minimum Gasteiger partial charge on any atom is -0.507 e. The Morgan fingerprint density at radius 3 is 2.47 bits per heavy atom. The van der Waals surface area contributed by atoms with Crippen molar-refractivity contribution in [3.8, 4) is 22.6 Å². The zero-order chi connectivity index (χ0) is 31.4. The molecule has 0 saturated heterocycles. The van der Waals surface area contributed by atoms with Gasteiger partial charge in [-0.1, -0.05) is 31.9 Å². The van der Waals surface area contributed by atoms with Gasteiger partial charge in [0.25, 0.3) is 0 Å². The number of hydrogen-bond donors (Lipinski definition) is 5. The number of carbonyl (C=O) groups is 3. The summed E-state index contributed by atoms with van der Waals surface area (Å²) in [5.41, 5.74) is 5.87. The summed E-state index contributed by atoms with van der Waals surface area (Å²) < 4.78 is 5.70. The molecule has 10 nitrogen and oxygen atoms in total. The van der Waals surface area contributed by atoms with Gasteiger partial charge in [-0.15, -0.1) is 0 Å². The van der Waals surface area contributed by atoms with Crippen molar-refractivity contribution < 1.29 is 39.5 Å². The van der Waals surface area contributed by atoms with Crippen LogP contribution in [0.5, 0.6) is 11.5 Å². The molecule has 10 heteroatoms. The van der Waals surface area contributed by atoms with E-state index >= 15 is 0 Å². The van der Waals surface area contributed by atoms with Gasteiger partial charge in [-0.3, -0.25) is 14.4 Å². The highest BCUT2D eigenvalue weighted by Gasteiger charge is 2.67. The summed E-state index contributed by atoms with van der Waals surface area (Å²) in [6.07, 6.45) is 2.85. The van der Waals surface area contributed by atoms with E-state index in [1.807, 2.05) is 18.2 Å². The molecule has 2 fully saturated rings. The molecule has 0 aliphatic heterocycles. The van der Waals surface area contributed by atoms with Gasteiger partial charge in [0, 0.05) is 23.1 Å². The number of unbranched alkanes of at least 4 members (excludes halogenated alkanes) is 2. The maximum Gasteiger partial charge on any atom is 0.230 e. The van der Waals surface area contributed by atoms with E-state index in [4.69, 9.17) is 10.5 Å². The molecule has 3 aliphatic rings. The fourth-order valence-electron chi connectivity index (χ4n) is 7.56. The Morgan fingerprint density at radius 2 is 1.84 bits per heavy atom. The van der Waals surface area contributed by atoms with Crippen molar-refractivity contribution in [1.82, 2.24) is 4.90 Å². The third kappa shape index (κ3) is 4.72. The second kappa shape index (κ2) is 11.4.